The van der Waals surface area contributed by atoms with Crippen molar-refractivity contribution in [2.75, 3.05) is 20.3 Å². The van der Waals surface area contributed by atoms with Gasteiger partial charge in [-0.1, -0.05) is 79.9 Å². The van der Waals surface area contributed by atoms with E-state index in [0.29, 0.717) is 43.5 Å². The van der Waals surface area contributed by atoms with E-state index in [2.05, 4.69) is 26.7 Å². The molecule has 0 spiro atoms. The molecule has 0 aliphatic rings. The van der Waals surface area contributed by atoms with Gasteiger partial charge in [0.15, 0.2) is 16.7 Å². The van der Waals surface area contributed by atoms with Gasteiger partial charge in [0.05, 0.1) is 20.3 Å². The maximum absolute atomic E-state index is 13.3. The maximum Gasteiger partial charge on any atom is 0.511 e. The van der Waals surface area contributed by atoms with Crippen molar-refractivity contribution in [3.05, 3.63) is 96.6 Å². The normalized spacial score (nSPS) is 11.4. The molecule has 1 heterocycles. The van der Waals surface area contributed by atoms with Gasteiger partial charge in [0.25, 0.3) is 10.2 Å². The van der Waals surface area contributed by atoms with Gasteiger partial charge in [0, 0.05) is 25.5 Å². The van der Waals surface area contributed by atoms with E-state index < -0.39 is 28.6 Å². The molecule has 0 aliphatic heterocycles. The number of carbonyl (C=O) groups is 2. The summed E-state index contributed by atoms with van der Waals surface area (Å²) >= 11 is 6.45. The Hall–Kier alpha value is -5.65. The predicted octanol–water partition coefficient (Wildman–Crippen LogP) is 5.42. The molecule has 0 saturated carbocycles. The van der Waals surface area contributed by atoms with Crippen molar-refractivity contribution in [1.29, 1.82) is 0 Å². The number of benzene rings is 2. The van der Waals surface area contributed by atoms with Crippen molar-refractivity contribution in [3.8, 4) is 11.1 Å². The Morgan fingerprint density at radius 3 is 2.24 bits per heavy atom. The molecule has 0 fully saturated rings. The van der Waals surface area contributed by atoms with E-state index in [9.17, 15) is 19.7 Å². The number of nitrogens with zero attached hydrogens (tertiary/aromatic N) is 5. The molecular weight excluding hydrogens is 694 g/mol. The minimum Gasteiger partial charge on any atom is -0.434 e. The number of unbranched alkanes of at least 4 members (excludes halogenated alkanes) is 4. The van der Waals surface area contributed by atoms with Crippen LogP contribution in [0.1, 0.15) is 79.8 Å². The van der Waals surface area contributed by atoms with Gasteiger partial charge in [-0.05, 0) is 42.4 Å². The second-order valence-electron chi connectivity index (χ2n) is 10.7. The highest BCUT2D eigenvalue weighted by molar-refractivity contribution is 6.32. The second-order valence-corrected chi connectivity index (χ2v) is 11.0. The van der Waals surface area contributed by atoms with Crippen LogP contribution in [-0.2, 0) is 36.9 Å². The van der Waals surface area contributed by atoms with E-state index in [4.69, 9.17) is 47.5 Å². The molecule has 0 bridgehead atoms. The summed E-state index contributed by atoms with van der Waals surface area (Å²) in [5.74, 6) is 5.45. The molecule has 1 unspecified atom stereocenters. The number of hydrogen-bond donors (Lipinski definition) is 2. The van der Waals surface area contributed by atoms with Crippen LogP contribution >= 0.6 is 11.6 Å². The zero-order valence-electron chi connectivity index (χ0n) is 28.5. The molecule has 3 aromatic rings. The van der Waals surface area contributed by atoms with Crippen LogP contribution in [-0.4, -0.2) is 64.3 Å². The first kappa shape index (κ1) is 41.5. The van der Waals surface area contributed by atoms with E-state index in [-0.39, 0.29) is 36.4 Å². The summed E-state index contributed by atoms with van der Waals surface area (Å²) in [6.07, 6.45) is 2.47. The SMILES string of the molecule is CCCCc1nc(Cl)c(C(=O)OC(C)OC(=O)OCCCCCCO[N+](=O)[O-])n1Cc1ccc(-c2ccccc2/C(N)=N/N)cc1.CO[N+](=O)[O-]. The molecule has 0 aliphatic carbocycles. The quantitative estimate of drug-likeness (QED) is 0.0228. The average molecular weight is 736 g/mol. The Morgan fingerprint density at radius 2 is 1.63 bits per heavy atom. The fraction of sp³-hybridized carbons (Fsp3) is 0.438. The maximum atomic E-state index is 13.3. The number of halogens is 1. The summed E-state index contributed by atoms with van der Waals surface area (Å²) in [6.45, 7) is 3.82. The molecule has 0 amide bonds. The number of hydrazone groups is 1. The molecule has 19 heteroatoms. The summed E-state index contributed by atoms with van der Waals surface area (Å²) in [7, 11) is 1.00. The fourth-order valence-corrected chi connectivity index (χ4v) is 4.89. The van der Waals surface area contributed by atoms with E-state index in [1.807, 2.05) is 48.5 Å². The lowest BCUT2D eigenvalue weighted by molar-refractivity contribution is -0.757. The van der Waals surface area contributed by atoms with Crippen LogP contribution in [0.15, 0.2) is 53.6 Å². The Bertz CT molecular complexity index is 1620. The molecular formula is C32H42ClN7O11. The minimum absolute atomic E-state index is 0.0171. The summed E-state index contributed by atoms with van der Waals surface area (Å²) in [4.78, 5) is 56.6. The van der Waals surface area contributed by atoms with Crippen molar-refractivity contribution < 1.29 is 43.6 Å². The lowest BCUT2D eigenvalue weighted by atomic mass is 9.98. The predicted molar refractivity (Wildman–Crippen MR) is 184 cm³/mol. The molecule has 2 aromatic carbocycles. The number of esters is 1. The number of hydrogen-bond acceptors (Lipinski definition) is 14. The van der Waals surface area contributed by atoms with Crippen molar-refractivity contribution in [2.45, 2.75) is 71.6 Å². The number of imidazole rings is 1. The van der Waals surface area contributed by atoms with Gasteiger partial charge >= 0.3 is 12.1 Å². The molecule has 1 atom stereocenters. The van der Waals surface area contributed by atoms with Crippen LogP contribution in [0.3, 0.4) is 0 Å². The summed E-state index contributed by atoms with van der Waals surface area (Å²) in [5.41, 5.74) is 9.39. The zero-order valence-corrected chi connectivity index (χ0v) is 29.3. The number of aryl methyl sites for hydroxylation is 1. The van der Waals surface area contributed by atoms with Crippen LogP contribution in [0.2, 0.25) is 5.15 Å². The number of amidine groups is 1. The van der Waals surface area contributed by atoms with E-state index in [1.54, 1.807) is 4.57 Å². The van der Waals surface area contributed by atoms with Crippen LogP contribution in [0.4, 0.5) is 4.79 Å². The third-order valence-electron chi connectivity index (χ3n) is 7.04. The first-order chi connectivity index (χ1) is 24.4. The van der Waals surface area contributed by atoms with E-state index in [0.717, 1.165) is 36.6 Å². The Morgan fingerprint density at radius 1 is 0.980 bits per heavy atom. The molecule has 0 saturated heterocycles. The summed E-state index contributed by atoms with van der Waals surface area (Å²) < 4.78 is 17.2. The van der Waals surface area contributed by atoms with Crippen molar-refractivity contribution in [1.82, 2.24) is 9.55 Å². The Balaban J connectivity index is 0.00000168. The second kappa shape index (κ2) is 22.1. The monoisotopic (exact) mass is 735 g/mol. The van der Waals surface area contributed by atoms with Crippen LogP contribution in [0.5, 0.6) is 0 Å². The van der Waals surface area contributed by atoms with Crippen molar-refractivity contribution in [2.24, 2.45) is 16.7 Å². The van der Waals surface area contributed by atoms with Gasteiger partial charge in [-0.15, -0.1) is 20.2 Å². The van der Waals surface area contributed by atoms with Crippen LogP contribution < -0.4 is 11.6 Å². The number of rotatable bonds is 19. The standard InChI is InChI=1S/C31H39ClN6O8.CH3NO3/c1-3-4-13-26-35-28(32)27(30(39)45-21(2)46-31(40)43-18-9-5-6-10-19-44-38(41)42)37(26)20-22-14-16-23(17-15-22)24-11-7-8-12-25(24)29(33)36-34;1-5-2(3)4/h7-8,11-12,14-17,21H,3-6,9-10,13,18-20,34H2,1-2H3,(H2,33,36);1H3. The highest BCUT2D eigenvalue weighted by atomic mass is 35.5. The van der Waals surface area contributed by atoms with Crippen molar-refractivity contribution in [3.63, 3.8) is 0 Å². The number of aromatic nitrogens is 2. The van der Waals surface area contributed by atoms with Gasteiger partial charge in [0.2, 0.25) is 6.29 Å². The average Bonchev–Trinajstić information content (AvgIpc) is 3.42. The lowest BCUT2D eigenvalue weighted by Crippen LogP contribution is -2.24. The first-order valence-corrected chi connectivity index (χ1v) is 16.3. The summed E-state index contributed by atoms with van der Waals surface area (Å²) in [5, 5.41) is 21.0. The Labute approximate surface area is 298 Å². The number of carbonyl (C=O) groups excluding carboxylic acids is 2. The van der Waals surface area contributed by atoms with E-state index in [1.165, 1.54) is 6.92 Å². The Kier molecular flexibility index (Phi) is 18.0. The summed E-state index contributed by atoms with van der Waals surface area (Å²) in [6, 6.07) is 15.2. The molecule has 0 radical (unpaired) electrons. The van der Waals surface area contributed by atoms with Gasteiger partial charge in [-0.25, -0.2) is 14.6 Å². The van der Waals surface area contributed by atoms with Crippen molar-refractivity contribution >= 4 is 29.6 Å². The highest BCUT2D eigenvalue weighted by Gasteiger charge is 2.26. The smallest absolute Gasteiger partial charge is 0.434 e. The third kappa shape index (κ3) is 14.4. The van der Waals surface area contributed by atoms with E-state index >= 15 is 0 Å². The van der Waals surface area contributed by atoms with Gasteiger partial charge in [-0.2, -0.15) is 5.10 Å². The van der Waals surface area contributed by atoms with Gasteiger partial charge in [0.1, 0.15) is 5.82 Å². The molecule has 18 nitrogen and oxygen atoms in total. The zero-order chi connectivity index (χ0) is 37.8. The van der Waals surface area contributed by atoms with Gasteiger partial charge < -0.3 is 40.0 Å². The molecule has 1 aromatic heterocycles. The van der Waals surface area contributed by atoms with Crippen LogP contribution in [0, 0.1) is 20.2 Å². The highest BCUT2D eigenvalue weighted by Crippen LogP contribution is 2.26. The first-order valence-electron chi connectivity index (χ1n) is 15.9. The number of nitrogens with two attached hydrogens (primary N) is 2. The number of ether oxygens (including phenoxy) is 3. The minimum atomic E-state index is -1.26. The molecule has 4 N–H and O–H groups in total. The molecule has 3 rings (SSSR count). The lowest BCUT2D eigenvalue weighted by Gasteiger charge is -2.16. The molecule has 278 valence electrons. The fourth-order valence-electron chi connectivity index (χ4n) is 4.61. The largest absolute Gasteiger partial charge is 0.511 e. The molecule has 51 heavy (non-hydrogen) atoms. The third-order valence-corrected chi connectivity index (χ3v) is 7.30. The topological polar surface area (TPSA) is 249 Å². The van der Waals surface area contributed by atoms with Gasteiger partial charge in [-0.3, -0.25) is 0 Å². The van der Waals surface area contributed by atoms with Crippen LogP contribution in [0.25, 0.3) is 11.1 Å².